The molecule has 0 unspecified atom stereocenters. The Morgan fingerprint density at radius 1 is 1.04 bits per heavy atom. The maximum Gasteiger partial charge on any atom is 0.264 e. The Balaban J connectivity index is 2.01. The molecule has 0 fully saturated rings. The van der Waals surface area contributed by atoms with Crippen LogP contribution < -0.4 is 18.5 Å². The summed E-state index contributed by atoms with van der Waals surface area (Å²) in [6.07, 6.45) is 0. The lowest BCUT2D eigenvalue weighted by molar-refractivity contribution is 0.171. The van der Waals surface area contributed by atoms with Crippen molar-refractivity contribution < 1.29 is 22.6 Å². The zero-order valence-corrected chi connectivity index (χ0v) is 13.7. The van der Waals surface area contributed by atoms with Crippen molar-refractivity contribution >= 4 is 15.7 Å². The van der Waals surface area contributed by atoms with Gasteiger partial charge in [-0.2, -0.15) is 0 Å². The zero-order valence-electron chi connectivity index (χ0n) is 12.9. The average Bonchev–Trinajstić information content (AvgIpc) is 2.60. The summed E-state index contributed by atoms with van der Waals surface area (Å²) in [7, 11) is -0.747. The second-order valence-corrected chi connectivity index (χ2v) is 6.92. The molecule has 0 aliphatic carbocycles. The molecule has 7 heteroatoms. The minimum Gasteiger partial charge on any atom is -0.495 e. The lowest BCUT2D eigenvalue weighted by Gasteiger charge is -2.23. The topological polar surface area (TPSA) is 65.1 Å². The van der Waals surface area contributed by atoms with E-state index in [9.17, 15) is 8.42 Å². The summed E-state index contributed by atoms with van der Waals surface area (Å²) in [6, 6.07) is 11.5. The Labute approximate surface area is 135 Å². The molecule has 6 nitrogen and oxygen atoms in total. The third-order valence-corrected chi connectivity index (χ3v) is 5.36. The van der Waals surface area contributed by atoms with Crippen molar-refractivity contribution in [2.24, 2.45) is 0 Å². The highest BCUT2D eigenvalue weighted by Crippen LogP contribution is 2.35. The number of fused-ring (bicyclic) bond motifs is 1. The van der Waals surface area contributed by atoms with Crippen LogP contribution in [-0.4, -0.2) is 35.8 Å². The molecule has 1 heterocycles. The maximum atomic E-state index is 12.9. The molecular formula is C16H17NO5S. The first kappa shape index (κ1) is 15.5. The molecule has 0 amide bonds. The number of hydrogen-bond donors (Lipinski definition) is 0. The van der Waals surface area contributed by atoms with E-state index in [1.165, 1.54) is 30.6 Å². The van der Waals surface area contributed by atoms with Crippen LogP contribution in [0, 0.1) is 0 Å². The molecule has 0 spiro atoms. The molecule has 0 aromatic heterocycles. The van der Waals surface area contributed by atoms with E-state index in [0.717, 1.165) is 0 Å². The standard InChI is InChI=1S/C16H17NO5S/c1-17(13-5-3-4-6-14(13)20-2)23(18,19)12-7-8-15-16(11-12)22-10-9-21-15/h3-8,11H,9-10H2,1-2H3. The molecule has 0 N–H and O–H groups in total. The quantitative estimate of drug-likeness (QED) is 0.858. The average molecular weight is 335 g/mol. The van der Waals surface area contributed by atoms with E-state index < -0.39 is 10.0 Å². The molecular weight excluding hydrogens is 318 g/mol. The van der Waals surface area contributed by atoms with E-state index in [1.54, 1.807) is 30.3 Å². The Morgan fingerprint density at radius 3 is 2.48 bits per heavy atom. The number of anilines is 1. The van der Waals surface area contributed by atoms with Gasteiger partial charge in [-0.1, -0.05) is 12.1 Å². The number of benzene rings is 2. The zero-order chi connectivity index (χ0) is 16.4. The first-order valence-electron chi connectivity index (χ1n) is 7.05. The van der Waals surface area contributed by atoms with Crippen LogP contribution in [0.4, 0.5) is 5.69 Å². The molecule has 0 atom stereocenters. The largest absolute Gasteiger partial charge is 0.495 e. The van der Waals surface area contributed by atoms with Crippen LogP contribution in [0.2, 0.25) is 0 Å². The molecule has 0 saturated heterocycles. The highest BCUT2D eigenvalue weighted by Gasteiger charge is 2.25. The Morgan fingerprint density at radius 2 is 1.74 bits per heavy atom. The van der Waals surface area contributed by atoms with E-state index in [2.05, 4.69) is 0 Å². The fourth-order valence-electron chi connectivity index (χ4n) is 2.36. The second kappa shape index (κ2) is 6.00. The van der Waals surface area contributed by atoms with Crippen LogP contribution in [0.25, 0.3) is 0 Å². The van der Waals surface area contributed by atoms with Gasteiger partial charge in [0, 0.05) is 13.1 Å². The normalized spacial score (nSPS) is 13.5. The highest BCUT2D eigenvalue weighted by molar-refractivity contribution is 7.92. The molecule has 2 aromatic carbocycles. The summed E-state index contributed by atoms with van der Waals surface area (Å²) in [6.45, 7) is 0.860. The predicted octanol–water partition coefficient (Wildman–Crippen LogP) is 2.29. The Bertz CT molecular complexity index is 819. The summed E-state index contributed by atoms with van der Waals surface area (Å²) in [5.74, 6) is 1.47. The van der Waals surface area contributed by atoms with Crippen LogP contribution in [0.3, 0.4) is 0 Å². The third kappa shape index (κ3) is 2.79. The van der Waals surface area contributed by atoms with Gasteiger partial charge in [0.1, 0.15) is 19.0 Å². The maximum absolute atomic E-state index is 12.9. The van der Waals surface area contributed by atoms with Gasteiger partial charge in [0.05, 0.1) is 17.7 Å². The van der Waals surface area contributed by atoms with E-state index in [-0.39, 0.29) is 4.90 Å². The minimum absolute atomic E-state index is 0.134. The minimum atomic E-state index is -3.74. The summed E-state index contributed by atoms with van der Waals surface area (Å²) < 4.78 is 43.0. The van der Waals surface area contributed by atoms with Gasteiger partial charge in [0.2, 0.25) is 0 Å². The summed E-state index contributed by atoms with van der Waals surface area (Å²) in [5, 5.41) is 0. The van der Waals surface area contributed by atoms with Gasteiger partial charge < -0.3 is 14.2 Å². The number of para-hydroxylation sites is 2. The van der Waals surface area contributed by atoms with Crippen molar-refractivity contribution in [1.29, 1.82) is 0 Å². The van der Waals surface area contributed by atoms with E-state index in [0.29, 0.717) is 36.1 Å². The molecule has 3 rings (SSSR count). The van der Waals surface area contributed by atoms with Crippen molar-refractivity contribution in [2.75, 3.05) is 31.7 Å². The molecule has 2 aromatic rings. The van der Waals surface area contributed by atoms with Crippen molar-refractivity contribution in [3.05, 3.63) is 42.5 Å². The van der Waals surface area contributed by atoms with Crippen molar-refractivity contribution in [2.45, 2.75) is 4.90 Å². The van der Waals surface area contributed by atoms with Gasteiger partial charge in [-0.05, 0) is 24.3 Å². The van der Waals surface area contributed by atoms with Crippen LogP contribution in [0.1, 0.15) is 0 Å². The number of sulfonamides is 1. The number of rotatable bonds is 4. The van der Waals surface area contributed by atoms with Crippen molar-refractivity contribution in [3.63, 3.8) is 0 Å². The van der Waals surface area contributed by atoms with Crippen LogP contribution >= 0.6 is 0 Å². The molecule has 122 valence electrons. The Kier molecular flexibility index (Phi) is 4.04. The molecule has 0 saturated carbocycles. The monoisotopic (exact) mass is 335 g/mol. The fraction of sp³-hybridized carbons (Fsp3) is 0.250. The smallest absolute Gasteiger partial charge is 0.264 e. The highest BCUT2D eigenvalue weighted by atomic mass is 32.2. The van der Waals surface area contributed by atoms with Gasteiger partial charge in [-0.15, -0.1) is 0 Å². The summed E-state index contributed by atoms with van der Waals surface area (Å²) in [4.78, 5) is 0.134. The number of hydrogen-bond acceptors (Lipinski definition) is 5. The lowest BCUT2D eigenvalue weighted by Crippen LogP contribution is -2.27. The molecule has 0 radical (unpaired) electrons. The molecule has 0 bridgehead atoms. The van der Waals surface area contributed by atoms with Gasteiger partial charge >= 0.3 is 0 Å². The predicted molar refractivity (Wildman–Crippen MR) is 86.0 cm³/mol. The summed E-state index contributed by atoms with van der Waals surface area (Å²) >= 11 is 0. The first-order valence-corrected chi connectivity index (χ1v) is 8.49. The second-order valence-electron chi connectivity index (χ2n) is 4.95. The van der Waals surface area contributed by atoms with Crippen LogP contribution in [0.15, 0.2) is 47.4 Å². The summed E-state index contributed by atoms with van der Waals surface area (Å²) in [5.41, 5.74) is 0.463. The van der Waals surface area contributed by atoms with E-state index in [1.807, 2.05) is 0 Å². The molecule has 1 aliphatic heterocycles. The lowest BCUT2D eigenvalue weighted by atomic mass is 10.3. The van der Waals surface area contributed by atoms with Gasteiger partial charge in [-0.25, -0.2) is 8.42 Å². The van der Waals surface area contributed by atoms with E-state index in [4.69, 9.17) is 14.2 Å². The van der Waals surface area contributed by atoms with Crippen molar-refractivity contribution in [3.8, 4) is 17.2 Å². The SMILES string of the molecule is COc1ccccc1N(C)S(=O)(=O)c1ccc2c(c1)OCCO2. The van der Waals surface area contributed by atoms with E-state index >= 15 is 0 Å². The molecule has 1 aliphatic rings. The van der Waals surface area contributed by atoms with Gasteiger partial charge in [0.15, 0.2) is 11.5 Å². The Hall–Kier alpha value is -2.41. The van der Waals surface area contributed by atoms with Gasteiger partial charge in [0.25, 0.3) is 10.0 Å². The van der Waals surface area contributed by atoms with Crippen LogP contribution in [0.5, 0.6) is 17.2 Å². The fourth-order valence-corrected chi connectivity index (χ4v) is 3.58. The molecule has 23 heavy (non-hydrogen) atoms. The van der Waals surface area contributed by atoms with Gasteiger partial charge in [-0.3, -0.25) is 4.31 Å². The third-order valence-electron chi connectivity index (χ3n) is 3.60. The number of ether oxygens (including phenoxy) is 3. The van der Waals surface area contributed by atoms with Crippen LogP contribution in [-0.2, 0) is 10.0 Å². The van der Waals surface area contributed by atoms with Crippen molar-refractivity contribution in [1.82, 2.24) is 0 Å². The number of methoxy groups -OCH3 is 1. The first-order chi connectivity index (χ1) is 11.0. The number of nitrogens with zero attached hydrogens (tertiary/aromatic N) is 1.